The highest BCUT2D eigenvalue weighted by molar-refractivity contribution is 5.95. The number of hydrogen-bond acceptors (Lipinski definition) is 17. The number of aromatic nitrogens is 3. The van der Waals surface area contributed by atoms with Gasteiger partial charge in [-0.15, -0.1) is 0 Å². The van der Waals surface area contributed by atoms with Crippen LogP contribution in [0.4, 0.5) is 21.1 Å². The predicted molar refractivity (Wildman–Crippen MR) is 206 cm³/mol. The van der Waals surface area contributed by atoms with Crippen molar-refractivity contribution in [2.45, 2.75) is 83.8 Å². The number of methoxy groups -OCH3 is 1. The van der Waals surface area contributed by atoms with Crippen molar-refractivity contribution in [1.82, 2.24) is 24.3 Å². The van der Waals surface area contributed by atoms with E-state index < -0.39 is 66.7 Å². The van der Waals surface area contributed by atoms with Gasteiger partial charge < -0.3 is 43.1 Å². The number of nitrogens with one attached hydrogen (secondary N) is 1. The summed E-state index contributed by atoms with van der Waals surface area (Å²) in [7, 11) is 4.44. The van der Waals surface area contributed by atoms with Crippen molar-refractivity contribution in [2.75, 3.05) is 44.5 Å². The fourth-order valence-electron chi connectivity index (χ4n) is 7.20. The second kappa shape index (κ2) is 19.3. The summed E-state index contributed by atoms with van der Waals surface area (Å²) in [5, 5.41) is 12.2. The Morgan fingerprint density at radius 2 is 1.60 bits per heavy atom. The van der Waals surface area contributed by atoms with Crippen molar-refractivity contribution < 1.29 is 62.0 Å². The van der Waals surface area contributed by atoms with Crippen LogP contribution in [0.15, 0.2) is 42.9 Å². The Hall–Kier alpha value is -6.82. The molecule has 320 valence electrons. The molecule has 2 saturated heterocycles. The SMILES string of the molecule is COC(=O)[C@H]1O[C@@H](OC(=O)Nc2ccccc2CN(C)C(=O)n2ccc3c(N(C)[C@H]4CN(C(=O)CC#N)CC[C@H]4C)ncnc32)[C@H](OC(C)=O)[C@@H](OC(C)=O)[C@@H]1OC(C)=O. The van der Waals surface area contributed by atoms with E-state index in [-0.39, 0.29) is 36.5 Å². The number of piperidine rings is 1. The van der Waals surface area contributed by atoms with E-state index in [1.165, 1.54) is 21.9 Å². The molecule has 1 N–H and O–H groups in total. The Morgan fingerprint density at radius 1 is 0.933 bits per heavy atom. The molecular formula is C39H46N8O13. The number of likely N-dealkylation sites (N-methyl/N-ethyl adjacent to an activating group) is 1. The molecule has 4 heterocycles. The van der Waals surface area contributed by atoms with Gasteiger partial charge >= 0.3 is 36.0 Å². The number of benzene rings is 1. The highest BCUT2D eigenvalue weighted by Crippen LogP contribution is 2.32. The molecule has 0 unspecified atom stereocenters. The van der Waals surface area contributed by atoms with Gasteiger partial charge in [0.25, 0.3) is 0 Å². The van der Waals surface area contributed by atoms with Gasteiger partial charge in [-0.25, -0.2) is 24.4 Å². The Kier molecular flexibility index (Phi) is 14.2. The summed E-state index contributed by atoms with van der Waals surface area (Å²) < 4.78 is 33.2. The smallest absolute Gasteiger partial charge is 0.414 e. The number of para-hydroxylation sites is 1. The molecule has 21 nitrogen and oxygen atoms in total. The maximum atomic E-state index is 13.9. The van der Waals surface area contributed by atoms with Gasteiger partial charge in [-0.1, -0.05) is 25.1 Å². The highest BCUT2D eigenvalue weighted by Gasteiger charge is 2.56. The molecule has 2 aliphatic heterocycles. The molecule has 5 rings (SSSR count). The second-order valence-electron chi connectivity index (χ2n) is 14.2. The van der Waals surface area contributed by atoms with Crippen LogP contribution < -0.4 is 10.2 Å². The standard InChI is InChI=1S/C39H46N8O13/c1-21-13-16-46(29(51)12-15-40)19-28(21)45(6)34-26-14-17-47(35(26)42-20-41-34)39(54)44(5)18-25-10-8-9-11-27(25)43-38(53)60-37-33(58-24(4)50)31(57-23(3)49)30(56-22(2)48)32(59-37)36(52)55-7/h8-11,14,17,20-21,28,30-33,37H,12-13,16,18-19H2,1-7H3,(H,43,53)/t21-,28+,30+,31+,32+,33-,37+/m1/s1. The lowest BCUT2D eigenvalue weighted by Gasteiger charge is -2.42. The molecule has 0 bridgehead atoms. The van der Waals surface area contributed by atoms with Crippen LogP contribution in [0.3, 0.4) is 0 Å². The van der Waals surface area contributed by atoms with E-state index in [0.717, 1.165) is 34.3 Å². The zero-order valence-corrected chi connectivity index (χ0v) is 34.1. The van der Waals surface area contributed by atoms with E-state index in [1.54, 1.807) is 42.4 Å². The van der Waals surface area contributed by atoms with Crippen molar-refractivity contribution >= 4 is 64.4 Å². The Labute approximate surface area is 344 Å². The van der Waals surface area contributed by atoms with E-state index in [9.17, 15) is 33.6 Å². The van der Waals surface area contributed by atoms with Crippen LogP contribution in [0.1, 0.15) is 46.1 Å². The number of carbonyl (C=O) groups excluding carboxylic acids is 7. The van der Waals surface area contributed by atoms with Gasteiger partial charge in [0.05, 0.1) is 24.6 Å². The Balaban J connectivity index is 1.33. The zero-order valence-electron chi connectivity index (χ0n) is 34.1. The topological polar surface area (TPSA) is 251 Å². The third kappa shape index (κ3) is 10.1. The lowest BCUT2D eigenvalue weighted by Crippen LogP contribution is -2.64. The van der Waals surface area contributed by atoms with Gasteiger partial charge in [0.15, 0.2) is 24.0 Å². The number of nitrogens with zero attached hydrogens (tertiary/aromatic N) is 7. The lowest BCUT2D eigenvalue weighted by atomic mass is 9.92. The number of rotatable bonds is 11. The summed E-state index contributed by atoms with van der Waals surface area (Å²) in [5.41, 5.74) is 0.996. The van der Waals surface area contributed by atoms with Crippen LogP contribution in [-0.2, 0) is 58.9 Å². The van der Waals surface area contributed by atoms with Gasteiger partial charge in [0.1, 0.15) is 18.6 Å². The quantitative estimate of drug-likeness (QED) is 0.215. The van der Waals surface area contributed by atoms with Gasteiger partial charge in [0, 0.05) is 66.4 Å². The molecule has 60 heavy (non-hydrogen) atoms. The number of fused-ring (bicyclic) bond motifs is 1. The molecule has 1 aromatic carbocycles. The van der Waals surface area contributed by atoms with E-state index in [2.05, 4.69) is 22.2 Å². The van der Waals surface area contributed by atoms with E-state index in [4.69, 9.17) is 33.7 Å². The maximum absolute atomic E-state index is 13.9. The number of carbonyl (C=O) groups is 7. The Bertz CT molecular complexity index is 2170. The highest BCUT2D eigenvalue weighted by atomic mass is 16.8. The van der Waals surface area contributed by atoms with Crippen LogP contribution in [0.5, 0.6) is 0 Å². The molecule has 0 radical (unpaired) electrons. The van der Waals surface area contributed by atoms with Crippen molar-refractivity contribution in [1.29, 1.82) is 5.26 Å². The van der Waals surface area contributed by atoms with Crippen LogP contribution in [0.25, 0.3) is 11.0 Å². The molecule has 2 aliphatic rings. The number of anilines is 2. The average molecular weight is 835 g/mol. The summed E-state index contributed by atoms with van der Waals surface area (Å²) in [6.07, 6.45) is -6.38. The molecule has 2 fully saturated rings. The first-order valence-corrected chi connectivity index (χ1v) is 18.8. The van der Waals surface area contributed by atoms with Crippen LogP contribution in [0, 0.1) is 17.2 Å². The number of esters is 4. The number of likely N-dealkylation sites (tertiary alicyclic amines) is 1. The lowest BCUT2D eigenvalue weighted by molar-refractivity contribution is -0.287. The monoisotopic (exact) mass is 834 g/mol. The van der Waals surface area contributed by atoms with Gasteiger partial charge in [-0.05, 0) is 30.0 Å². The Morgan fingerprint density at radius 3 is 2.27 bits per heavy atom. The molecule has 21 heteroatoms. The molecule has 0 aliphatic carbocycles. The average Bonchev–Trinajstić information content (AvgIpc) is 3.64. The summed E-state index contributed by atoms with van der Waals surface area (Å²) in [6.45, 7) is 6.11. The normalized spacial score (nSPS) is 22.4. The first kappa shape index (κ1) is 44.3. The third-order valence-corrected chi connectivity index (χ3v) is 10.0. The van der Waals surface area contributed by atoms with Crippen LogP contribution in [0.2, 0.25) is 0 Å². The minimum Gasteiger partial charge on any atom is -0.467 e. The molecule has 0 saturated carbocycles. The van der Waals surface area contributed by atoms with Crippen LogP contribution >= 0.6 is 0 Å². The predicted octanol–water partition coefficient (Wildman–Crippen LogP) is 2.36. The van der Waals surface area contributed by atoms with Crippen molar-refractivity contribution in [3.8, 4) is 6.07 Å². The number of amides is 3. The van der Waals surface area contributed by atoms with Gasteiger partial charge in [-0.2, -0.15) is 5.26 Å². The zero-order chi connectivity index (χ0) is 43.8. The molecule has 7 atom stereocenters. The van der Waals surface area contributed by atoms with E-state index >= 15 is 0 Å². The number of hydrogen-bond donors (Lipinski definition) is 1. The fourth-order valence-corrected chi connectivity index (χ4v) is 7.20. The van der Waals surface area contributed by atoms with Crippen molar-refractivity contribution in [2.24, 2.45) is 5.92 Å². The second-order valence-corrected chi connectivity index (χ2v) is 14.2. The van der Waals surface area contributed by atoms with Gasteiger partial charge in [0.2, 0.25) is 18.3 Å². The van der Waals surface area contributed by atoms with Crippen molar-refractivity contribution in [3.05, 3.63) is 48.4 Å². The summed E-state index contributed by atoms with van der Waals surface area (Å²) in [6, 6.07) is 9.57. The molecule has 2 aromatic heterocycles. The number of ether oxygens (including phenoxy) is 6. The first-order valence-electron chi connectivity index (χ1n) is 18.8. The van der Waals surface area contributed by atoms with Gasteiger partial charge in [-0.3, -0.25) is 29.1 Å². The molecule has 0 spiro atoms. The van der Waals surface area contributed by atoms with Crippen molar-refractivity contribution in [3.63, 3.8) is 0 Å². The summed E-state index contributed by atoms with van der Waals surface area (Å²) in [5.74, 6) is -3.25. The minimum atomic E-state index is -1.88. The summed E-state index contributed by atoms with van der Waals surface area (Å²) in [4.78, 5) is 103. The summed E-state index contributed by atoms with van der Waals surface area (Å²) >= 11 is 0. The third-order valence-electron chi connectivity index (χ3n) is 10.0. The van der Waals surface area contributed by atoms with E-state index in [1.807, 2.05) is 18.0 Å². The number of nitriles is 1. The fraction of sp³-hybridized carbons (Fsp3) is 0.487. The van der Waals surface area contributed by atoms with E-state index in [0.29, 0.717) is 35.5 Å². The largest absolute Gasteiger partial charge is 0.467 e. The minimum absolute atomic E-state index is 0.0298. The molecular weight excluding hydrogens is 788 g/mol. The maximum Gasteiger partial charge on any atom is 0.414 e. The molecule has 3 amide bonds. The first-order chi connectivity index (χ1) is 28.5. The van der Waals surface area contributed by atoms with Crippen LogP contribution in [-0.4, -0.2) is 137 Å². The molecule has 3 aromatic rings.